The molecule has 3 rings (SSSR count). The lowest BCUT2D eigenvalue weighted by Gasteiger charge is -2.38. The molecular weight excluding hydrogens is 326 g/mol. The molecule has 1 heterocycles. The van der Waals surface area contributed by atoms with Crippen molar-refractivity contribution in [3.8, 4) is 0 Å². The Balaban J connectivity index is 2.27. The van der Waals surface area contributed by atoms with Gasteiger partial charge in [0.2, 0.25) is 0 Å². The minimum absolute atomic E-state index is 0.0537. The van der Waals surface area contributed by atoms with Gasteiger partial charge in [-0.3, -0.25) is 0 Å². The monoisotopic (exact) mass is 337 g/mol. The summed E-state index contributed by atoms with van der Waals surface area (Å²) in [5, 5.41) is 9.25. The van der Waals surface area contributed by atoms with E-state index in [0.29, 0.717) is 5.56 Å². The summed E-state index contributed by atoms with van der Waals surface area (Å²) in [5.41, 5.74) is -0.181. The van der Waals surface area contributed by atoms with Crippen LogP contribution in [0.5, 0.6) is 0 Å². The van der Waals surface area contributed by atoms with Crippen LogP contribution in [0.15, 0.2) is 54.1 Å². The van der Waals surface area contributed by atoms with E-state index >= 15 is 0 Å². The van der Waals surface area contributed by atoms with Gasteiger partial charge in [-0.1, -0.05) is 18.2 Å². The van der Waals surface area contributed by atoms with E-state index in [4.69, 9.17) is 0 Å². The van der Waals surface area contributed by atoms with Crippen LogP contribution < -0.4 is 4.90 Å². The number of hydrogen-bond donors (Lipinski definition) is 1. The highest BCUT2D eigenvalue weighted by Crippen LogP contribution is 2.44. The summed E-state index contributed by atoms with van der Waals surface area (Å²) >= 11 is 0. The van der Waals surface area contributed by atoms with Crippen LogP contribution in [0.3, 0.4) is 0 Å². The molecule has 1 aliphatic rings. The van der Waals surface area contributed by atoms with Gasteiger partial charge in [0, 0.05) is 11.4 Å². The third-order valence-corrected chi connectivity index (χ3v) is 3.72. The minimum atomic E-state index is -4.83. The molecule has 2 aromatic carbocycles. The van der Waals surface area contributed by atoms with Gasteiger partial charge in [-0.2, -0.15) is 13.2 Å². The molecule has 1 unspecified atom stereocenters. The number of para-hydroxylation sites is 1. The maximum absolute atomic E-state index is 13.6. The number of alkyl halides is 3. The second-order valence-corrected chi connectivity index (χ2v) is 5.25. The van der Waals surface area contributed by atoms with Crippen molar-refractivity contribution in [1.29, 1.82) is 0 Å². The molecule has 1 N–H and O–H groups in total. The number of hydrogen-bond acceptors (Lipinski definition) is 2. The Morgan fingerprint density at radius 3 is 2.25 bits per heavy atom. The highest BCUT2D eigenvalue weighted by atomic mass is 19.4. The van der Waals surface area contributed by atoms with E-state index in [9.17, 15) is 27.5 Å². The second-order valence-electron chi connectivity index (χ2n) is 5.25. The van der Waals surface area contributed by atoms with Crippen molar-refractivity contribution in [1.82, 2.24) is 0 Å². The molecular formula is C17H11F4NO2. The summed E-state index contributed by atoms with van der Waals surface area (Å²) in [6.07, 6.45) is -3.80. The Morgan fingerprint density at radius 2 is 1.67 bits per heavy atom. The molecule has 0 amide bonds. The van der Waals surface area contributed by atoms with Crippen LogP contribution in [0.25, 0.3) is 6.08 Å². The first-order valence-electron chi connectivity index (χ1n) is 6.94. The number of rotatable bonds is 2. The molecule has 1 atom stereocenters. The zero-order valence-electron chi connectivity index (χ0n) is 12.1. The molecule has 124 valence electrons. The lowest BCUT2D eigenvalue weighted by atomic mass is 9.94. The molecule has 0 radical (unpaired) electrons. The second kappa shape index (κ2) is 5.67. The number of aliphatic carboxylic acids is 1. The maximum Gasteiger partial charge on any atom is 0.413 e. The predicted octanol–water partition coefficient (Wildman–Crippen LogP) is 4.38. The molecule has 0 bridgehead atoms. The molecule has 7 heteroatoms. The van der Waals surface area contributed by atoms with Crippen LogP contribution in [0.1, 0.15) is 5.56 Å². The smallest absolute Gasteiger partial charge is 0.413 e. The van der Waals surface area contributed by atoms with E-state index in [1.807, 2.05) is 0 Å². The normalized spacial score (nSPS) is 17.2. The van der Waals surface area contributed by atoms with Crippen molar-refractivity contribution in [2.75, 3.05) is 4.90 Å². The molecule has 0 aliphatic carbocycles. The van der Waals surface area contributed by atoms with Crippen molar-refractivity contribution >= 4 is 23.4 Å². The summed E-state index contributed by atoms with van der Waals surface area (Å²) in [6, 6.07) is 8.23. The summed E-state index contributed by atoms with van der Waals surface area (Å²) in [5.74, 6) is -2.25. The Hall–Kier alpha value is -2.83. The van der Waals surface area contributed by atoms with Crippen LogP contribution in [-0.4, -0.2) is 23.3 Å². The van der Waals surface area contributed by atoms with Gasteiger partial charge in [-0.25, -0.2) is 9.18 Å². The third kappa shape index (κ3) is 2.73. The van der Waals surface area contributed by atoms with Crippen LogP contribution >= 0.6 is 0 Å². The van der Waals surface area contributed by atoms with E-state index in [1.165, 1.54) is 24.3 Å². The van der Waals surface area contributed by atoms with Crippen molar-refractivity contribution in [2.45, 2.75) is 12.2 Å². The fraction of sp³-hybridized carbons (Fsp3) is 0.118. The third-order valence-electron chi connectivity index (χ3n) is 3.72. The van der Waals surface area contributed by atoms with Gasteiger partial charge in [0.25, 0.3) is 0 Å². The summed E-state index contributed by atoms with van der Waals surface area (Å²) in [6.45, 7) is 0. The van der Waals surface area contributed by atoms with E-state index in [0.717, 1.165) is 23.1 Å². The molecule has 0 fully saturated rings. The Kier molecular flexibility index (Phi) is 3.79. The number of benzene rings is 2. The van der Waals surface area contributed by atoms with E-state index in [1.54, 1.807) is 12.1 Å². The Morgan fingerprint density at radius 1 is 1.04 bits per heavy atom. The molecule has 0 saturated heterocycles. The average Bonchev–Trinajstić information content (AvgIpc) is 2.53. The van der Waals surface area contributed by atoms with Gasteiger partial charge in [-0.05, 0) is 42.0 Å². The fourth-order valence-electron chi connectivity index (χ4n) is 2.74. The molecule has 2 aromatic rings. The quantitative estimate of drug-likeness (QED) is 0.827. The SMILES string of the molecule is O=C(O)C1=Cc2ccccc2N(c2ccc(F)cc2)C1C(F)(F)F. The van der Waals surface area contributed by atoms with Gasteiger partial charge < -0.3 is 10.0 Å². The molecule has 0 spiro atoms. The average molecular weight is 337 g/mol. The van der Waals surface area contributed by atoms with Crippen LogP contribution in [-0.2, 0) is 4.79 Å². The number of nitrogens with zero attached hydrogens (tertiary/aromatic N) is 1. The zero-order valence-corrected chi connectivity index (χ0v) is 12.1. The predicted molar refractivity (Wildman–Crippen MR) is 80.4 cm³/mol. The lowest BCUT2D eigenvalue weighted by Crippen LogP contribution is -2.48. The number of halogens is 4. The van der Waals surface area contributed by atoms with Crippen molar-refractivity contribution < 1.29 is 27.5 Å². The first-order chi connectivity index (χ1) is 11.3. The number of fused-ring (bicyclic) bond motifs is 1. The van der Waals surface area contributed by atoms with Crippen LogP contribution in [0.2, 0.25) is 0 Å². The standard InChI is InChI=1S/C17H11F4NO2/c18-11-5-7-12(8-6-11)22-14-4-2-1-3-10(14)9-13(16(23)24)15(22)17(19,20)21/h1-9,15H,(H,23,24). The Labute approximate surface area is 134 Å². The van der Waals surface area contributed by atoms with Crippen molar-refractivity contribution in [3.05, 3.63) is 65.5 Å². The van der Waals surface area contributed by atoms with Gasteiger partial charge in [-0.15, -0.1) is 0 Å². The molecule has 1 aliphatic heterocycles. The number of anilines is 2. The summed E-state index contributed by atoms with van der Waals surface area (Å²) in [4.78, 5) is 12.3. The number of carbonyl (C=O) groups is 1. The van der Waals surface area contributed by atoms with E-state index in [-0.39, 0.29) is 11.4 Å². The topological polar surface area (TPSA) is 40.5 Å². The highest BCUT2D eigenvalue weighted by molar-refractivity contribution is 5.99. The Bertz CT molecular complexity index is 812. The summed E-state index contributed by atoms with van der Waals surface area (Å²) < 4.78 is 54.1. The first kappa shape index (κ1) is 16.0. The van der Waals surface area contributed by atoms with Crippen LogP contribution in [0.4, 0.5) is 28.9 Å². The van der Waals surface area contributed by atoms with Gasteiger partial charge in [0.05, 0.1) is 5.57 Å². The van der Waals surface area contributed by atoms with Crippen molar-refractivity contribution in [2.24, 2.45) is 0 Å². The van der Waals surface area contributed by atoms with Gasteiger partial charge in [0.15, 0.2) is 6.04 Å². The molecule has 0 saturated carbocycles. The molecule has 0 aromatic heterocycles. The fourth-order valence-corrected chi connectivity index (χ4v) is 2.74. The maximum atomic E-state index is 13.6. The lowest BCUT2D eigenvalue weighted by molar-refractivity contribution is -0.149. The number of carboxylic acid groups (broad SMARTS) is 1. The minimum Gasteiger partial charge on any atom is -0.478 e. The molecule has 24 heavy (non-hydrogen) atoms. The van der Waals surface area contributed by atoms with E-state index < -0.39 is 29.6 Å². The van der Waals surface area contributed by atoms with Gasteiger partial charge in [0.1, 0.15) is 5.82 Å². The summed E-state index contributed by atoms with van der Waals surface area (Å²) in [7, 11) is 0. The molecule has 3 nitrogen and oxygen atoms in total. The van der Waals surface area contributed by atoms with Crippen LogP contribution in [0, 0.1) is 5.82 Å². The largest absolute Gasteiger partial charge is 0.478 e. The zero-order chi connectivity index (χ0) is 17.5. The first-order valence-corrected chi connectivity index (χ1v) is 6.94. The number of carboxylic acids is 1. The van der Waals surface area contributed by atoms with E-state index in [2.05, 4.69) is 0 Å². The highest BCUT2D eigenvalue weighted by Gasteiger charge is 2.50. The van der Waals surface area contributed by atoms with Gasteiger partial charge >= 0.3 is 12.1 Å². The van der Waals surface area contributed by atoms with Crippen molar-refractivity contribution in [3.63, 3.8) is 0 Å².